The van der Waals surface area contributed by atoms with Crippen LogP contribution in [0.25, 0.3) is 0 Å². The third kappa shape index (κ3) is 4.02. The zero-order chi connectivity index (χ0) is 15.6. The number of rotatable bonds is 6. The first kappa shape index (κ1) is 16.3. The molecular weight excluding hydrogens is 294 g/mol. The van der Waals surface area contributed by atoms with Gasteiger partial charge in [0.1, 0.15) is 0 Å². The summed E-state index contributed by atoms with van der Waals surface area (Å²) in [7, 11) is 2.21. The topological polar surface area (TPSA) is 18.5 Å². The molecule has 1 saturated heterocycles. The molecule has 0 amide bonds. The molecule has 1 saturated carbocycles. The molecule has 122 valence electrons. The number of halogens is 1. The van der Waals surface area contributed by atoms with Gasteiger partial charge in [-0.2, -0.15) is 0 Å². The molecule has 0 aromatic heterocycles. The maximum absolute atomic E-state index is 6.00. The van der Waals surface area contributed by atoms with Crippen LogP contribution in [0.2, 0.25) is 5.02 Å². The molecule has 1 N–H and O–H groups in total. The minimum absolute atomic E-state index is 0.362. The summed E-state index contributed by atoms with van der Waals surface area (Å²) in [6.45, 7) is 9.35. The summed E-state index contributed by atoms with van der Waals surface area (Å²) in [5.41, 5.74) is 1.80. The lowest BCUT2D eigenvalue weighted by Crippen LogP contribution is -2.49. The fourth-order valence-electron chi connectivity index (χ4n) is 3.37. The van der Waals surface area contributed by atoms with Crippen LogP contribution in [0.3, 0.4) is 0 Å². The number of benzene rings is 1. The molecule has 0 spiro atoms. The Morgan fingerprint density at radius 3 is 2.36 bits per heavy atom. The first-order valence-corrected chi connectivity index (χ1v) is 8.86. The van der Waals surface area contributed by atoms with E-state index in [1.54, 1.807) is 0 Å². The second-order valence-electron chi connectivity index (χ2n) is 7.17. The van der Waals surface area contributed by atoms with Crippen LogP contribution < -0.4 is 5.32 Å². The normalized spacial score (nSPS) is 23.4. The number of nitrogens with zero attached hydrogens (tertiary/aromatic N) is 2. The van der Waals surface area contributed by atoms with E-state index in [1.165, 1.54) is 44.6 Å². The van der Waals surface area contributed by atoms with Gasteiger partial charge >= 0.3 is 0 Å². The average Bonchev–Trinajstić information content (AvgIpc) is 3.30. The molecule has 0 bridgehead atoms. The average molecular weight is 322 g/mol. The summed E-state index contributed by atoms with van der Waals surface area (Å²) in [5, 5.41) is 4.60. The van der Waals surface area contributed by atoms with Gasteiger partial charge in [-0.25, -0.2) is 0 Å². The van der Waals surface area contributed by atoms with Gasteiger partial charge in [-0.3, -0.25) is 4.90 Å². The van der Waals surface area contributed by atoms with Gasteiger partial charge in [-0.05, 0) is 44.5 Å². The van der Waals surface area contributed by atoms with E-state index < -0.39 is 0 Å². The predicted octanol–water partition coefficient (Wildman–Crippen LogP) is 2.60. The summed E-state index contributed by atoms with van der Waals surface area (Å²) in [6, 6.07) is 8.98. The van der Waals surface area contributed by atoms with Crippen molar-refractivity contribution in [1.29, 1.82) is 0 Å². The maximum atomic E-state index is 6.00. The SMILES string of the molecule is C[C@@H](CN1CCN(C)CC1)NCC1(c2ccc(Cl)cc2)CC1. The number of likely N-dealkylation sites (N-methyl/N-ethyl adjacent to an activating group) is 1. The van der Waals surface area contributed by atoms with Gasteiger partial charge in [0.25, 0.3) is 0 Å². The van der Waals surface area contributed by atoms with Gasteiger partial charge in [0, 0.05) is 55.7 Å². The lowest BCUT2D eigenvalue weighted by molar-refractivity contribution is 0.144. The van der Waals surface area contributed by atoms with Crippen molar-refractivity contribution in [3.8, 4) is 0 Å². The first-order valence-electron chi connectivity index (χ1n) is 8.48. The smallest absolute Gasteiger partial charge is 0.0406 e. The third-order valence-electron chi connectivity index (χ3n) is 5.23. The molecule has 4 heteroatoms. The highest BCUT2D eigenvalue weighted by atomic mass is 35.5. The molecule has 1 aromatic carbocycles. The van der Waals surface area contributed by atoms with Crippen LogP contribution in [-0.4, -0.2) is 62.2 Å². The van der Waals surface area contributed by atoms with Crippen LogP contribution in [0.1, 0.15) is 25.3 Å². The molecule has 3 nitrogen and oxygen atoms in total. The third-order valence-corrected chi connectivity index (χ3v) is 5.48. The van der Waals surface area contributed by atoms with Gasteiger partial charge in [-0.15, -0.1) is 0 Å². The van der Waals surface area contributed by atoms with Crippen LogP contribution in [-0.2, 0) is 5.41 Å². The van der Waals surface area contributed by atoms with E-state index in [-0.39, 0.29) is 0 Å². The van der Waals surface area contributed by atoms with Crippen molar-refractivity contribution < 1.29 is 0 Å². The van der Waals surface area contributed by atoms with Crippen molar-refractivity contribution in [2.24, 2.45) is 0 Å². The van der Waals surface area contributed by atoms with E-state index >= 15 is 0 Å². The Morgan fingerprint density at radius 1 is 1.14 bits per heavy atom. The van der Waals surface area contributed by atoms with Crippen LogP contribution in [0, 0.1) is 0 Å². The van der Waals surface area contributed by atoms with Gasteiger partial charge in [0.05, 0.1) is 0 Å². The lowest BCUT2D eigenvalue weighted by atomic mass is 9.95. The molecule has 1 aromatic rings. The van der Waals surface area contributed by atoms with Crippen molar-refractivity contribution in [2.75, 3.05) is 46.3 Å². The highest BCUT2D eigenvalue weighted by Crippen LogP contribution is 2.47. The fraction of sp³-hybridized carbons (Fsp3) is 0.667. The highest BCUT2D eigenvalue weighted by Gasteiger charge is 2.43. The van der Waals surface area contributed by atoms with Gasteiger partial charge < -0.3 is 10.2 Å². The van der Waals surface area contributed by atoms with Crippen molar-refractivity contribution in [2.45, 2.75) is 31.2 Å². The Hall–Kier alpha value is -0.610. The number of hydrogen-bond acceptors (Lipinski definition) is 3. The Bertz CT molecular complexity index is 476. The molecule has 2 fully saturated rings. The van der Waals surface area contributed by atoms with Gasteiger partial charge in [0.15, 0.2) is 0 Å². The van der Waals surface area contributed by atoms with E-state index in [0.29, 0.717) is 11.5 Å². The predicted molar refractivity (Wildman–Crippen MR) is 93.8 cm³/mol. The Labute approximate surface area is 139 Å². The van der Waals surface area contributed by atoms with Crippen molar-refractivity contribution >= 4 is 11.6 Å². The maximum Gasteiger partial charge on any atom is 0.0406 e. The minimum Gasteiger partial charge on any atom is -0.312 e. The molecule has 1 aliphatic heterocycles. The Kier molecular flexibility index (Phi) is 5.08. The van der Waals surface area contributed by atoms with Gasteiger partial charge in [-0.1, -0.05) is 23.7 Å². The van der Waals surface area contributed by atoms with E-state index in [9.17, 15) is 0 Å². The van der Waals surface area contributed by atoms with Gasteiger partial charge in [0.2, 0.25) is 0 Å². The first-order chi connectivity index (χ1) is 10.6. The van der Waals surface area contributed by atoms with Crippen LogP contribution in [0.15, 0.2) is 24.3 Å². The molecule has 3 rings (SSSR count). The summed E-state index contributed by atoms with van der Waals surface area (Å²) in [6.07, 6.45) is 2.59. The Balaban J connectivity index is 1.46. The Morgan fingerprint density at radius 2 is 1.77 bits per heavy atom. The minimum atomic E-state index is 0.362. The zero-order valence-electron chi connectivity index (χ0n) is 13.8. The van der Waals surface area contributed by atoms with E-state index in [1.807, 2.05) is 12.1 Å². The monoisotopic (exact) mass is 321 g/mol. The van der Waals surface area contributed by atoms with Crippen molar-refractivity contribution in [1.82, 2.24) is 15.1 Å². The number of piperazine rings is 1. The second-order valence-corrected chi connectivity index (χ2v) is 7.61. The number of nitrogens with one attached hydrogen (secondary N) is 1. The molecule has 0 unspecified atom stereocenters. The van der Waals surface area contributed by atoms with Crippen LogP contribution in [0.4, 0.5) is 0 Å². The van der Waals surface area contributed by atoms with Crippen LogP contribution >= 0.6 is 11.6 Å². The molecular formula is C18H28ClN3. The largest absolute Gasteiger partial charge is 0.312 e. The van der Waals surface area contributed by atoms with E-state index in [4.69, 9.17) is 11.6 Å². The van der Waals surface area contributed by atoms with Crippen molar-refractivity contribution in [3.63, 3.8) is 0 Å². The molecule has 0 radical (unpaired) electrons. The molecule has 2 aliphatic rings. The fourth-order valence-corrected chi connectivity index (χ4v) is 3.50. The number of hydrogen-bond donors (Lipinski definition) is 1. The lowest BCUT2D eigenvalue weighted by Gasteiger charge is -2.34. The standard InChI is InChI=1S/C18H28ClN3/c1-15(13-22-11-9-21(2)10-12-22)20-14-18(7-8-18)16-3-5-17(19)6-4-16/h3-6,15,20H,7-14H2,1-2H3/t15-/m0/s1. The summed E-state index contributed by atoms with van der Waals surface area (Å²) in [4.78, 5) is 4.99. The molecule has 1 aliphatic carbocycles. The van der Waals surface area contributed by atoms with Crippen LogP contribution in [0.5, 0.6) is 0 Å². The van der Waals surface area contributed by atoms with Crippen molar-refractivity contribution in [3.05, 3.63) is 34.9 Å². The summed E-state index contributed by atoms with van der Waals surface area (Å²) >= 11 is 6.00. The molecule has 1 atom stereocenters. The molecule has 1 heterocycles. The van der Waals surface area contributed by atoms with E-state index in [0.717, 1.165) is 18.1 Å². The van der Waals surface area contributed by atoms with E-state index in [2.05, 4.69) is 41.2 Å². The second kappa shape index (κ2) is 6.88. The molecule has 22 heavy (non-hydrogen) atoms. The zero-order valence-corrected chi connectivity index (χ0v) is 14.6. The summed E-state index contributed by atoms with van der Waals surface area (Å²) in [5.74, 6) is 0. The quantitative estimate of drug-likeness (QED) is 0.869. The highest BCUT2D eigenvalue weighted by molar-refractivity contribution is 6.30. The summed E-state index contributed by atoms with van der Waals surface area (Å²) < 4.78 is 0.